The second-order valence-corrected chi connectivity index (χ2v) is 3.63. The van der Waals surface area contributed by atoms with Gasteiger partial charge in [-0.3, -0.25) is 0 Å². The number of rotatable bonds is 0. The van der Waals surface area contributed by atoms with Crippen LogP contribution in [0.15, 0.2) is 11.4 Å². The van der Waals surface area contributed by atoms with E-state index in [-0.39, 0.29) is 0 Å². The molecule has 3 rings (SSSR count). The van der Waals surface area contributed by atoms with Crippen molar-refractivity contribution in [3.05, 3.63) is 11.4 Å². The van der Waals surface area contributed by atoms with Gasteiger partial charge in [0, 0.05) is 0 Å². The van der Waals surface area contributed by atoms with Crippen molar-refractivity contribution in [3.63, 3.8) is 0 Å². The predicted molar refractivity (Wildman–Crippen MR) is 38.5 cm³/mol. The summed E-state index contributed by atoms with van der Waals surface area (Å²) in [6.45, 7) is 0. The summed E-state index contributed by atoms with van der Waals surface area (Å²) in [7, 11) is 1.53. The quantitative estimate of drug-likeness (QED) is 0.435. The predicted octanol–water partition coefficient (Wildman–Crippen LogP) is 2.58. The molecule has 0 amide bonds. The van der Waals surface area contributed by atoms with Crippen LogP contribution in [0.5, 0.6) is 0 Å². The van der Waals surface area contributed by atoms with Gasteiger partial charge in [0.25, 0.3) is 0 Å². The Morgan fingerprint density at radius 3 is 2.00 bits per heavy atom. The normalized spacial score (nSPS) is 27.0. The van der Waals surface area contributed by atoms with Crippen molar-refractivity contribution in [1.29, 1.82) is 0 Å². The van der Waals surface area contributed by atoms with Gasteiger partial charge in [0.05, 0.1) is 0 Å². The maximum absolute atomic E-state index is 2.39. The largest absolute Gasteiger partial charge is 0.0774 e. The van der Waals surface area contributed by atoms with Crippen LogP contribution in [-0.4, -0.2) is 5.29 Å². The first-order valence-corrected chi connectivity index (χ1v) is 4.15. The Morgan fingerprint density at radius 2 is 1.88 bits per heavy atom. The van der Waals surface area contributed by atoms with Crippen LogP contribution in [0.3, 0.4) is 0 Å². The van der Waals surface area contributed by atoms with Gasteiger partial charge in [-0.15, -0.1) is 0 Å². The molecular weight excluding hydrogens is 115 g/mol. The van der Waals surface area contributed by atoms with E-state index >= 15 is 0 Å². The molecule has 0 atom stereocenters. The van der Waals surface area contributed by atoms with Crippen LogP contribution >= 0.6 is 8.20 Å². The Labute approximate surface area is 51.4 Å². The summed E-state index contributed by atoms with van der Waals surface area (Å²) in [5.41, 5.74) is 1.71. The summed E-state index contributed by atoms with van der Waals surface area (Å²) in [4.78, 5) is 0. The first-order valence-electron chi connectivity index (χ1n) is 3.18. The monoisotopic (exact) mass is 124 g/mol. The maximum atomic E-state index is 2.39. The van der Waals surface area contributed by atoms with Crippen molar-refractivity contribution in [2.75, 3.05) is 0 Å². The molecule has 1 heteroatoms. The first kappa shape index (κ1) is 4.76. The van der Waals surface area contributed by atoms with Crippen LogP contribution < -0.4 is 0 Å². The fraction of sp³-hybridized carbons (Fsp3) is 0.571. The van der Waals surface area contributed by atoms with Gasteiger partial charge in [-0.1, -0.05) is 13.8 Å². The van der Waals surface area contributed by atoms with Gasteiger partial charge in [0.1, 0.15) is 0 Å². The van der Waals surface area contributed by atoms with Gasteiger partial charge >= 0.3 is 0 Å². The Hall–Kier alpha value is -0.0900. The van der Waals surface area contributed by atoms with Crippen LogP contribution in [-0.2, 0) is 0 Å². The SMILES string of the molecule is C1=C2CCC(=P1)CC2. The van der Waals surface area contributed by atoms with E-state index in [0.717, 1.165) is 0 Å². The van der Waals surface area contributed by atoms with Crippen LogP contribution in [0.4, 0.5) is 0 Å². The van der Waals surface area contributed by atoms with Gasteiger partial charge in [-0.25, -0.2) is 0 Å². The van der Waals surface area contributed by atoms with E-state index in [1.807, 2.05) is 0 Å². The molecule has 1 aliphatic carbocycles. The molecule has 2 heterocycles. The maximum Gasteiger partial charge on any atom is -0.0236 e. The van der Waals surface area contributed by atoms with E-state index in [0.29, 0.717) is 0 Å². The average Bonchev–Trinajstić information content (AvgIpc) is 1.92. The minimum atomic E-state index is 1.38. The molecule has 42 valence electrons. The fourth-order valence-corrected chi connectivity index (χ4v) is 2.41. The lowest BCUT2D eigenvalue weighted by atomic mass is 9.96. The Bertz CT molecular complexity index is 133. The van der Waals surface area contributed by atoms with E-state index in [4.69, 9.17) is 0 Å². The summed E-state index contributed by atoms with van der Waals surface area (Å²) in [6, 6.07) is 0. The number of hydrogen-bond acceptors (Lipinski definition) is 0. The lowest BCUT2D eigenvalue weighted by Gasteiger charge is -2.20. The van der Waals surface area contributed by atoms with Crippen molar-refractivity contribution >= 4 is 13.5 Å². The molecule has 0 unspecified atom stereocenters. The first-order chi connectivity index (χ1) is 3.95. The highest BCUT2D eigenvalue weighted by atomic mass is 31.1. The molecule has 0 nitrogen and oxygen atoms in total. The van der Waals surface area contributed by atoms with E-state index in [1.54, 1.807) is 10.9 Å². The number of allylic oxidation sites excluding steroid dienone is 1. The van der Waals surface area contributed by atoms with Gasteiger partial charge in [-0.05, 0) is 36.8 Å². The topological polar surface area (TPSA) is 0 Å². The molecule has 1 fully saturated rings. The van der Waals surface area contributed by atoms with Crippen LogP contribution in [0.1, 0.15) is 25.7 Å². The minimum absolute atomic E-state index is 1.38. The molecule has 0 aromatic carbocycles. The molecule has 2 bridgehead atoms. The highest BCUT2D eigenvalue weighted by molar-refractivity contribution is 7.44. The molecule has 0 aromatic rings. The highest BCUT2D eigenvalue weighted by Crippen LogP contribution is 2.32. The summed E-state index contributed by atoms with van der Waals surface area (Å²) in [5.74, 6) is 2.39. The van der Waals surface area contributed by atoms with Crippen molar-refractivity contribution in [2.45, 2.75) is 25.7 Å². The zero-order valence-electron chi connectivity index (χ0n) is 4.85. The molecule has 2 aliphatic heterocycles. The molecule has 0 aromatic heterocycles. The fourth-order valence-electron chi connectivity index (χ4n) is 1.30. The standard InChI is InChI=1S/C7H9P/c1-3-7-4-2-6(1)5-8-7/h5H,1-4H2. The smallest absolute Gasteiger partial charge is 0.0236 e. The summed E-state index contributed by atoms with van der Waals surface area (Å²) in [5, 5.41) is 1.76. The van der Waals surface area contributed by atoms with Crippen molar-refractivity contribution in [1.82, 2.24) is 0 Å². The second kappa shape index (κ2) is 1.70. The zero-order valence-corrected chi connectivity index (χ0v) is 5.75. The Morgan fingerprint density at radius 1 is 1.12 bits per heavy atom. The Balaban J connectivity index is 2.36. The molecule has 8 heavy (non-hydrogen) atoms. The van der Waals surface area contributed by atoms with Gasteiger partial charge < -0.3 is 0 Å². The lowest BCUT2D eigenvalue weighted by molar-refractivity contribution is 0.837. The minimum Gasteiger partial charge on any atom is -0.0774 e. The van der Waals surface area contributed by atoms with Crippen LogP contribution in [0.25, 0.3) is 0 Å². The number of fused-ring (bicyclic) bond motifs is 3. The molecule has 0 saturated heterocycles. The summed E-state index contributed by atoms with van der Waals surface area (Å²) < 4.78 is 0. The number of hydrogen-bond donors (Lipinski definition) is 0. The van der Waals surface area contributed by atoms with Gasteiger partial charge in [-0.2, -0.15) is 0 Å². The Kier molecular flexibility index (Phi) is 1.01. The second-order valence-electron chi connectivity index (χ2n) is 2.48. The van der Waals surface area contributed by atoms with E-state index in [1.165, 1.54) is 33.9 Å². The molecule has 0 spiro atoms. The van der Waals surface area contributed by atoms with Crippen LogP contribution in [0, 0.1) is 0 Å². The molecule has 3 aliphatic rings. The molecule has 0 radical (unpaired) electrons. The lowest BCUT2D eigenvalue weighted by Crippen LogP contribution is -2.07. The zero-order chi connectivity index (χ0) is 5.40. The third kappa shape index (κ3) is 0.641. The average molecular weight is 124 g/mol. The van der Waals surface area contributed by atoms with E-state index in [9.17, 15) is 0 Å². The van der Waals surface area contributed by atoms with E-state index < -0.39 is 0 Å². The molecule has 1 saturated carbocycles. The highest BCUT2D eigenvalue weighted by Gasteiger charge is 2.12. The van der Waals surface area contributed by atoms with Crippen molar-refractivity contribution in [2.24, 2.45) is 0 Å². The molecule has 0 N–H and O–H groups in total. The van der Waals surface area contributed by atoms with Gasteiger partial charge in [0.15, 0.2) is 0 Å². The van der Waals surface area contributed by atoms with Crippen molar-refractivity contribution in [3.8, 4) is 0 Å². The third-order valence-corrected chi connectivity index (χ3v) is 3.21. The van der Waals surface area contributed by atoms with E-state index in [2.05, 4.69) is 5.82 Å². The molecular formula is C7H9P. The van der Waals surface area contributed by atoms with Crippen molar-refractivity contribution < 1.29 is 0 Å². The van der Waals surface area contributed by atoms with Gasteiger partial charge in [0.2, 0.25) is 0 Å². The third-order valence-electron chi connectivity index (χ3n) is 1.90. The summed E-state index contributed by atoms with van der Waals surface area (Å²) in [6.07, 6.45) is 5.55. The summed E-state index contributed by atoms with van der Waals surface area (Å²) >= 11 is 0. The van der Waals surface area contributed by atoms with Crippen LogP contribution in [0.2, 0.25) is 0 Å².